The summed E-state index contributed by atoms with van der Waals surface area (Å²) in [6.45, 7) is 4.93. The summed E-state index contributed by atoms with van der Waals surface area (Å²) in [6.07, 6.45) is 10.5. The van der Waals surface area contributed by atoms with E-state index in [2.05, 4.69) is 57.2 Å². The maximum atomic E-state index is 8.38. The number of nitrogens with zero attached hydrogens (tertiary/aromatic N) is 3. The van der Waals surface area contributed by atoms with Gasteiger partial charge in [0.15, 0.2) is 0 Å². The third-order valence-corrected chi connectivity index (χ3v) is 5.33. The Balaban J connectivity index is 1.83. The van der Waals surface area contributed by atoms with E-state index in [1.165, 1.54) is 28.3 Å². The molecular weight excluding hydrogens is 316 g/mol. The van der Waals surface area contributed by atoms with Crippen LogP contribution in [0.1, 0.15) is 30.2 Å². The molecule has 0 aliphatic carbocycles. The minimum atomic E-state index is 0.676. The molecular formula is C19H24N4S. The molecule has 2 aromatic heterocycles. The summed E-state index contributed by atoms with van der Waals surface area (Å²) >= 11 is 1.73. The van der Waals surface area contributed by atoms with Gasteiger partial charge < -0.3 is 9.47 Å². The fourth-order valence-electron chi connectivity index (χ4n) is 3.10. The van der Waals surface area contributed by atoms with Crippen molar-refractivity contribution in [2.45, 2.75) is 26.3 Å². The molecule has 0 saturated carbocycles. The molecule has 1 aliphatic rings. The molecule has 2 aromatic rings. The smallest absolute Gasteiger partial charge is 0.128 e. The SMILES string of the molecule is C/C=c1/ccn(Cc2cc(C(=N)N3CCCC3)cs2)/c1=C/C=N/C. The van der Waals surface area contributed by atoms with Crippen LogP contribution in [0.5, 0.6) is 0 Å². The van der Waals surface area contributed by atoms with E-state index in [0.29, 0.717) is 5.84 Å². The molecule has 0 atom stereocenters. The Labute approximate surface area is 147 Å². The number of rotatable bonds is 4. The summed E-state index contributed by atoms with van der Waals surface area (Å²) in [5, 5.41) is 12.9. The Bertz CT molecular complexity index is 850. The van der Waals surface area contributed by atoms with Gasteiger partial charge in [-0.2, -0.15) is 0 Å². The Morgan fingerprint density at radius 2 is 2.17 bits per heavy atom. The standard InChI is InChI=1S/C19H24N4S/c1-3-15-7-11-23(18(15)6-8-21-2)13-17-12-16(14-24-17)19(20)22-9-4-5-10-22/h3,6-8,11-12,14,20H,4-5,9-10,13H2,1-2H3/b15-3-,18-6+,20-19?,21-8+. The van der Waals surface area contributed by atoms with Gasteiger partial charge in [0.2, 0.25) is 0 Å². The van der Waals surface area contributed by atoms with Crippen LogP contribution in [0.2, 0.25) is 0 Å². The van der Waals surface area contributed by atoms with Crippen molar-refractivity contribution in [1.29, 1.82) is 5.41 Å². The van der Waals surface area contributed by atoms with Crippen molar-refractivity contribution in [3.05, 3.63) is 44.7 Å². The normalized spacial score (nSPS) is 16.7. The fourth-order valence-corrected chi connectivity index (χ4v) is 3.97. The van der Waals surface area contributed by atoms with Gasteiger partial charge in [-0.15, -0.1) is 11.3 Å². The number of thiophene rings is 1. The van der Waals surface area contributed by atoms with Crippen LogP contribution in [0.3, 0.4) is 0 Å². The Kier molecular flexibility index (Phi) is 5.30. The third-order valence-electron chi connectivity index (χ3n) is 4.41. The van der Waals surface area contributed by atoms with Crippen LogP contribution in [0.4, 0.5) is 0 Å². The van der Waals surface area contributed by atoms with E-state index in [-0.39, 0.29) is 0 Å². The second kappa shape index (κ2) is 7.62. The van der Waals surface area contributed by atoms with Gasteiger partial charge in [-0.05, 0) is 43.2 Å². The average Bonchev–Trinajstić information content (AvgIpc) is 3.34. The van der Waals surface area contributed by atoms with Crippen LogP contribution >= 0.6 is 11.3 Å². The number of likely N-dealkylation sites (tertiary alicyclic amines) is 1. The Morgan fingerprint density at radius 1 is 1.38 bits per heavy atom. The molecule has 0 radical (unpaired) electrons. The summed E-state index contributed by atoms with van der Waals surface area (Å²) in [5.41, 5.74) is 1.05. The number of amidine groups is 1. The minimum Gasteiger partial charge on any atom is -0.357 e. The molecule has 1 fully saturated rings. The van der Waals surface area contributed by atoms with Gasteiger partial charge in [-0.25, -0.2) is 0 Å². The highest BCUT2D eigenvalue weighted by molar-refractivity contribution is 7.10. The molecule has 0 unspecified atom stereocenters. The molecule has 0 spiro atoms. The number of hydrogen-bond acceptors (Lipinski definition) is 3. The first-order valence-electron chi connectivity index (χ1n) is 8.38. The summed E-state index contributed by atoms with van der Waals surface area (Å²) in [4.78, 5) is 7.52. The van der Waals surface area contributed by atoms with Crippen molar-refractivity contribution >= 4 is 35.5 Å². The van der Waals surface area contributed by atoms with E-state index in [1.54, 1.807) is 18.4 Å². The second-order valence-electron chi connectivity index (χ2n) is 5.99. The molecule has 5 heteroatoms. The van der Waals surface area contributed by atoms with Crippen molar-refractivity contribution < 1.29 is 0 Å². The summed E-state index contributed by atoms with van der Waals surface area (Å²) in [7, 11) is 1.79. The van der Waals surface area contributed by atoms with E-state index in [9.17, 15) is 0 Å². The van der Waals surface area contributed by atoms with Gasteiger partial charge in [-0.3, -0.25) is 10.4 Å². The van der Waals surface area contributed by atoms with Gasteiger partial charge in [0.1, 0.15) is 5.84 Å². The average molecular weight is 340 g/mol. The molecule has 4 nitrogen and oxygen atoms in total. The van der Waals surface area contributed by atoms with Crippen molar-refractivity contribution in [3.63, 3.8) is 0 Å². The zero-order valence-electron chi connectivity index (χ0n) is 14.3. The predicted molar refractivity (Wildman–Crippen MR) is 104 cm³/mol. The van der Waals surface area contributed by atoms with E-state index in [1.807, 2.05) is 6.21 Å². The van der Waals surface area contributed by atoms with Gasteiger partial charge in [0.25, 0.3) is 0 Å². The first-order chi connectivity index (χ1) is 11.7. The van der Waals surface area contributed by atoms with Crippen LogP contribution in [-0.2, 0) is 6.54 Å². The van der Waals surface area contributed by atoms with Gasteiger partial charge in [0, 0.05) is 53.7 Å². The fraction of sp³-hybridized carbons (Fsp3) is 0.368. The lowest BCUT2D eigenvalue weighted by Crippen LogP contribution is -2.29. The Hall–Kier alpha value is -2.14. The molecule has 1 N–H and O–H groups in total. The van der Waals surface area contributed by atoms with Crippen LogP contribution in [0.15, 0.2) is 28.7 Å². The monoisotopic (exact) mass is 340 g/mol. The lowest BCUT2D eigenvalue weighted by molar-refractivity contribution is 0.517. The number of nitrogens with one attached hydrogen (secondary N) is 1. The maximum Gasteiger partial charge on any atom is 0.128 e. The van der Waals surface area contributed by atoms with Crippen LogP contribution in [0, 0.1) is 5.41 Å². The second-order valence-corrected chi connectivity index (χ2v) is 6.99. The van der Waals surface area contributed by atoms with Crippen LogP contribution in [0.25, 0.3) is 12.2 Å². The lowest BCUT2D eigenvalue weighted by atomic mass is 10.2. The number of aliphatic imine (C=N–C) groups is 1. The molecule has 3 rings (SSSR count). The lowest BCUT2D eigenvalue weighted by Gasteiger charge is -2.17. The summed E-state index contributed by atoms with van der Waals surface area (Å²) in [5.74, 6) is 0.676. The van der Waals surface area contributed by atoms with E-state index in [4.69, 9.17) is 5.41 Å². The maximum absolute atomic E-state index is 8.38. The molecule has 24 heavy (non-hydrogen) atoms. The first-order valence-corrected chi connectivity index (χ1v) is 9.26. The van der Waals surface area contributed by atoms with Crippen molar-refractivity contribution in [2.24, 2.45) is 4.99 Å². The highest BCUT2D eigenvalue weighted by Gasteiger charge is 2.17. The number of hydrogen-bond donors (Lipinski definition) is 1. The van der Waals surface area contributed by atoms with Crippen molar-refractivity contribution in [1.82, 2.24) is 9.47 Å². The Morgan fingerprint density at radius 3 is 2.88 bits per heavy atom. The van der Waals surface area contributed by atoms with Crippen molar-refractivity contribution in [3.8, 4) is 0 Å². The summed E-state index contributed by atoms with van der Waals surface area (Å²) < 4.78 is 2.24. The van der Waals surface area contributed by atoms with E-state index < -0.39 is 0 Å². The summed E-state index contributed by atoms with van der Waals surface area (Å²) in [6, 6.07) is 4.30. The quantitative estimate of drug-likeness (QED) is 0.674. The van der Waals surface area contributed by atoms with Crippen LogP contribution < -0.4 is 10.6 Å². The van der Waals surface area contributed by atoms with Crippen molar-refractivity contribution in [2.75, 3.05) is 20.1 Å². The molecule has 126 valence electrons. The minimum absolute atomic E-state index is 0.676. The largest absolute Gasteiger partial charge is 0.357 e. The predicted octanol–water partition coefficient (Wildman–Crippen LogP) is 2.30. The van der Waals surface area contributed by atoms with Gasteiger partial charge >= 0.3 is 0 Å². The highest BCUT2D eigenvalue weighted by atomic mass is 32.1. The molecule has 3 heterocycles. The van der Waals surface area contributed by atoms with Gasteiger partial charge in [0.05, 0.1) is 6.54 Å². The first kappa shape index (κ1) is 16.7. The van der Waals surface area contributed by atoms with Crippen LogP contribution in [-0.4, -0.2) is 41.7 Å². The number of aromatic nitrogens is 1. The molecule has 0 amide bonds. The molecule has 1 saturated heterocycles. The van der Waals surface area contributed by atoms with Gasteiger partial charge in [-0.1, -0.05) is 6.08 Å². The van der Waals surface area contributed by atoms with E-state index in [0.717, 1.165) is 25.2 Å². The van der Waals surface area contributed by atoms with E-state index >= 15 is 0 Å². The highest BCUT2D eigenvalue weighted by Crippen LogP contribution is 2.19. The molecule has 1 aliphatic heterocycles. The zero-order valence-corrected chi connectivity index (χ0v) is 15.1. The third kappa shape index (κ3) is 3.51. The molecule has 0 bridgehead atoms. The zero-order chi connectivity index (χ0) is 16.9. The molecule has 0 aromatic carbocycles. The topological polar surface area (TPSA) is 44.4 Å².